The molecule has 1 unspecified atom stereocenters. The zero-order valence-corrected chi connectivity index (χ0v) is 7.75. The van der Waals surface area contributed by atoms with Crippen LogP contribution < -0.4 is 5.32 Å². The summed E-state index contributed by atoms with van der Waals surface area (Å²) in [5.41, 5.74) is 0. The van der Waals surface area contributed by atoms with Crippen LogP contribution in [0.2, 0.25) is 0 Å². The van der Waals surface area contributed by atoms with Crippen LogP contribution in [-0.2, 0) is 4.79 Å². The molecule has 0 bridgehead atoms. The zero-order valence-electron chi connectivity index (χ0n) is 7.75. The summed E-state index contributed by atoms with van der Waals surface area (Å²) in [5, 5.41) is 3.42. The van der Waals surface area contributed by atoms with Crippen LogP contribution in [0.15, 0.2) is 0 Å². The molecule has 0 radical (unpaired) electrons. The maximum Gasteiger partial charge on any atom is 0.120 e. The molecule has 0 aromatic rings. The number of carbonyl (C=O) groups is 1. The quantitative estimate of drug-likeness (QED) is 0.614. The van der Waals surface area contributed by atoms with Crippen molar-refractivity contribution in [3.05, 3.63) is 0 Å². The number of rotatable bonds is 4. The van der Waals surface area contributed by atoms with Gasteiger partial charge in [-0.25, -0.2) is 0 Å². The molecule has 3 heteroatoms. The summed E-state index contributed by atoms with van der Waals surface area (Å²) in [6.07, 6.45) is 2.68. The molecule has 1 aliphatic heterocycles. The summed E-state index contributed by atoms with van der Waals surface area (Å²) < 4.78 is 0. The number of carbonyl (C=O) groups excluding carboxylic acids is 1. The number of nitrogens with zero attached hydrogens (tertiary/aromatic N) is 1. The van der Waals surface area contributed by atoms with Gasteiger partial charge in [-0.3, -0.25) is 0 Å². The first-order valence-corrected chi connectivity index (χ1v) is 4.76. The SMILES string of the molecule is CCN1CCNC(CCC=O)C1. The summed E-state index contributed by atoms with van der Waals surface area (Å²) >= 11 is 0. The lowest BCUT2D eigenvalue weighted by Gasteiger charge is -2.32. The minimum absolute atomic E-state index is 0.531. The summed E-state index contributed by atoms with van der Waals surface area (Å²) in [4.78, 5) is 12.6. The first-order valence-electron chi connectivity index (χ1n) is 4.76. The van der Waals surface area contributed by atoms with E-state index in [4.69, 9.17) is 0 Å². The number of nitrogens with one attached hydrogen (secondary N) is 1. The van der Waals surface area contributed by atoms with Gasteiger partial charge in [0.2, 0.25) is 0 Å². The highest BCUT2D eigenvalue weighted by molar-refractivity contribution is 5.49. The maximum absolute atomic E-state index is 10.2. The molecule has 0 saturated carbocycles. The minimum Gasteiger partial charge on any atom is -0.311 e. The van der Waals surface area contributed by atoms with Crippen molar-refractivity contribution in [2.24, 2.45) is 0 Å². The fourth-order valence-electron chi connectivity index (χ4n) is 1.64. The molecule has 70 valence electrons. The number of piperazine rings is 1. The molecule has 0 aliphatic carbocycles. The van der Waals surface area contributed by atoms with Crippen molar-refractivity contribution in [3.8, 4) is 0 Å². The Kier molecular flexibility index (Phi) is 4.25. The second-order valence-electron chi connectivity index (χ2n) is 3.29. The third-order valence-corrected chi connectivity index (χ3v) is 2.42. The second kappa shape index (κ2) is 5.27. The monoisotopic (exact) mass is 170 g/mol. The van der Waals surface area contributed by atoms with Gasteiger partial charge in [0.05, 0.1) is 0 Å². The van der Waals surface area contributed by atoms with E-state index in [1.165, 1.54) is 0 Å². The van der Waals surface area contributed by atoms with Gasteiger partial charge in [-0.2, -0.15) is 0 Å². The Morgan fingerprint density at radius 1 is 1.67 bits per heavy atom. The van der Waals surface area contributed by atoms with E-state index in [0.29, 0.717) is 12.5 Å². The fourth-order valence-corrected chi connectivity index (χ4v) is 1.64. The van der Waals surface area contributed by atoms with Gasteiger partial charge in [0.25, 0.3) is 0 Å². The van der Waals surface area contributed by atoms with Gasteiger partial charge in [-0.15, -0.1) is 0 Å². The number of hydrogen-bond acceptors (Lipinski definition) is 3. The highest BCUT2D eigenvalue weighted by Crippen LogP contribution is 2.03. The van der Waals surface area contributed by atoms with E-state index in [2.05, 4.69) is 17.1 Å². The summed E-state index contributed by atoms with van der Waals surface area (Å²) in [6, 6.07) is 0.531. The van der Waals surface area contributed by atoms with Crippen LogP contribution >= 0.6 is 0 Å². The van der Waals surface area contributed by atoms with Gasteiger partial charge in [0.1, 0.15) is 6.29 Å². The van der Waals surface area contributed by atoms with E-state index < -0.39 is 0 Å². The average Bonchev–Trinajstić information content (AvgIpc) is 2.15. The van der Waals surface area contributed by atoms with E-state index in [1.54, 1.807) is 0 Å². The minimum atomic E-state index is 0.531. The van der Waals surface area contributed by atoms with E-state index in [1.807, 2.05) is 0 Å². The Balaban J connectivity index is 2.20. The maximum atomic E-state index is 10.2. The van der Waals surface area contributed by atoms with E-state index >= 15 is 0 Å². The predicted octanol–water partition coefficient (Wildman–Crippen LogP) is 0.259. The molecule has 0 amide bonds. The molecule has 1 saturated heterocycles. The Labute approximate surface area is 74.1 Å². The summed E-state index contributed by atoms with van der Waals surface area (Å²) in [6.45, 7) is 6.62. The Morgan fingerprint density at radius 2 is 2.50 bits per heavy atom. The van der Waals surface area contributed by atoms with Gasteiger partial charge >= 0.3 is 0 Å². The first kappa shape index (κ1) is 9.68. The van der Waals surface area contributed by atoms with Crippen molar-refractivity contribution in [1.82, 2.24) is 10.2 Å². The van der Waals surface area contributed by atoms with Crippen molar-refractivity contribution in [3.63, 3.8) is 0 Å². The Bertz CT molecular complexity index is 138. The third kappa shape index (κ3) is 2.91. The predicted molar refractivity (Wildman–Crippen MR) is 49.2 cm³/mol. The van der Waals surface area contributed by atoms with Crippen LogP contribution in [0.5, 0.6) is 0 Å². The van der Waals surface area contributed by atoms with Crippen molar-refractivity contribution >= 4 is 6.29 Å². The molecule has 3 nitrogen and oxygen atoms in total. The van der Waals surface area contributed by atoms with Crippen LogP contribution in [0, 0.1) is 0 Å². The number of hydrogen-bond donors (Lipinski definition) is 1. The molecule has 0 spiro atoms. The van der Waals surface area contributed by atoms with Gasteiger partial charge in [0.15, 0.2) is 0 Å². The van der Waals surface area contributed by atoms with Crippen molar-refractivity contribution < 1.29 is 4.79 Å². The van der Waals surface area contributed by atoms with Crippen LogP contribution in [0.3, 0.4) is 0 Å². The zero-order chi connectivity index (χ0) is 8.81. The van der Waals surface area contributed by atoms with E-state index in [9.17, 15) is 4.79 Å². The lowest BCUT2D eigenvalue weighted by molar-refractivity contribution is -0.108. The third-order valence-electron chi connectivity index (χ3n) is 2.42. The van der Waals surface area contributed by atoms with Crippen molar-refractivity contribution in [2.45, 2.75) is 25.8 Å². The molecular weight excluding hydrogens is 152 g/mol. The average molecular weight is 170 g/mol. The molecular formula is C9H18N2O. The van der Waals surface area contributed by atoms with Gasteiger partial charge in [-0.05, 0) is 13.0 Å². The molecule has 1 aliphatic rings. The molecule has 1 rings (SSSR count). The molecule has 12 heavy (non-hydrogen) atoms. The van der Waals surface area contributed by atoms with Crippen LogP contribution in [-0.4, -0.2) is 43.4 Å². The second-order valence-corrected chi connectivity index (χ2v) is 3.29. The van der Waals surface area contributed by atoms with Gasteiger partial charge in [-0.1, -0.05) is 6.92 Å². The highest BCUT2D eigenvalue weighted by atomic mass is 16.1. The topological polar surface area (TPSA) is 32.3 Å². The van der Waals surface area contributed by atoms with Crippen LogP contribution in [0.1, 0.15) is 19.8 Å². The number of aldehydes is 1. The van der Waals surface area contributed by atoms with E-state index in [-0.39, 0.29) is 0 Å². The fraction of sp³-hybridized carbons (Fsp3) is 0.889. The normalized spacial score (nSPS) is 25.6. The highest BCUT2D eigenvalue weighted by Gasteiger charge is 2.16. The summed E-state index contributed by atoms with van der Waals surface area (Å²) in [5.74, 6) is 0. The molecule has 0 aromatic carbocycles. The Hall–Kier alpha value is -0.410. The molecule has 0 aromatic heterocycles. The van der Waals surface area contributed by atoms with E-state index in [0.717, 1.165) is 38.9 Å². The van der Waals surface area contributed by atoms with Crippen LogP contribution in [0.4, 0.5) is 0 Å². The van der Waals surface area contributed by atoms with Gasteiger partial charge in [0, 0.05) is 32.1 Å². The lowest BCUT2D eigenvalue weighted by atomic mass is 10.1. The smallest absolute Gasteiger partial charge is 0.120 e. The molecule has 1 heterocycles. The van der Waals surface area contributed by atoms with Crippen molar-refractivity contribution in [2.75, 3.05) is 26.2 Å². The first-order chi connectivity index (χ1) is 5.86. The molecule has 1 N–H and O–H groups in total. The van der Waals surface area contributed by atoms with Crippen LogP contribution in [0.25, 0.3) is 0 Å². The van der Waals surface area contributed by atoms with Crippen molar-refractivity contribution in [1.29, 1.82) is 0 Å². The summed E-state index contributed by atoms with van der Waals surface area (Å²) in [7, 11) is 0. The lowest BCUT2D eigenvalue weighted by Crippen LogP contribution is -2.50. The Morgan fingerprint density at radius 3 is 3.17 bits per heavy atom. The largest absolute Gasteiger partial charge is 0.311 e. The number of likely N-dealkylation sites (N-methyl/N-ethyl adjacent to an activating group) is 1. The standard InChI is InChI=1S/C9H18N2O/c1-2-11-6-5-10-9(8-11)4-3-7-12/h7,9-10H,2-6,8H2,1H3. The molecule has 1 fully saturated rings. The van der Waals surface area contributed by atoms with Gasteiger partial charge < -0.3 is 15.0 Å². The molecule has 1 atom stereocenters.